The number of anilines is 1. The third kappa shape index (κ3) is 2.81. The fourth-order valence-electron chi connectivity index (χ4n) is 1.86. The van der Waals surface area contributed by atoms with Crippen molar-refractivity contribution in [3.63, 3.8) is 0 Å². The Morgan fingerprint density at radius 3 is 2.70 bits per heavy atom. The number of carbonyl (C=O) groups is 2. The van der Waals surface area contributed by atoms with Gasteiger partial charge in [0.1, 0.15) is 11.1 Å². The summed E-state index contributed by atoms with van der Waals surface area (Å²) in [7, 11) is -3.83. The van der Waals surface area contributed by atoms with E-state index in [0.717, 1.165) is 4.90 Å². The molecule has 0 spiro atoms. The second-order valence-corrected chi connectivity index (χ2v) is 6.95. The van der Waals surface area contributed by atoms with Crippen LogP contribution < -0.4 is 10.0 Å². The quantitative estimate of drug-likeness (QED) is 0.772. The fraction of sp³-hybridized carbons (Fsp3) is 0.300. The summed E-state index contributed by atoms with van der Waals surface area (Å²) < 4.78 is 22.8. The van der Waals surface area contributed by atoms with Gasteiger partial charge in [-0.05, 0) is 22.0 Å². The van der Waals surface area contributed by atoms with Gasteiger partial charge in [0.15, 0.2) is 0 Å². The molecule has 0 aliphatic carbocycles. The van der Waals surface area contributed by atoms with Gasteiger partial charge in [-0.2, -0.15) is 0 Å². The number of pyridine rings is 1. The van der Waals surface area contributed by atoms with Crippen molar-refractivity contribution in [2.24, 2.45) is 5.14 Å². The second kappa shape index (κ2) is 5.11. The first-order valence-corrected chi connectivity index (χ1v) is 7.81. The lowest BCUT2D eigenvalue weighted by molar-refractivity contribution is -0.117. The Morgan fingerprint density at radius 1 is 1.55 bits per heavy atom. The number of aromatic carboxylic acids is 1. The van der Waals surface area contributed by atoms with E-state index in [1.54, 1.807) is 0 Å². The van der Waals surface area contributed by atoms with E-state index < -0.39 is 27.1 Å². The van der Waals surface area contributed by atoms with Crippen molar-refractivity contribution in [3.05, 3.63) is 22.3 Å². The predicted molar refractivity (Wildman–Crippen MR) is 72.8 cm³/mol. The Balaban J connectivity index is 2.36. The molecule has 1 aromatic heterocycles. The van der Waals surface area contributed by atoms with Crippen molar-refractivity contribution >= 4 is 43.6 Å². The zero-order valence-electron chi connectivity index (χ0n) is 9.98. The van der Waals surface area contributed by atoms with E-state index in [2.05, 4.69) is 20.9 Å². The van der Waals surface area contributed by atoms with Crippen LogP contribution in [0.1, 0.15) is 16.8 Å². The van der Waals surface area contributed by atoms with E-state index >= 15 is 0 Å². The molecule has 1 saturated heterocycles. The Labute approximate surface area is 122 Å². The van der Waals surface area contributed by atoms with Gasteiger partial charge in [-0.1, -0.05) is 0 Å². The Hall–Kier alpha value is -1.52. The van der Waals surface area contributed by atoms with Gasteiger partial charge in [-0.15, -0.1) is 0 Å². The number of carboxylic acids is 1. The summed E-state index contributed by atoms with van der Waals surface area (Å²) in [5.74, 6) is -1.56. The number of carbonyl (C=O) groups excluding carboxylic acids is 1. The third-order valence-electron chi connectivity index (χ3n) is 2.90. The standard InChI is InChI=1S/C10H10BrN3O5S/c11-7-3-13-8(2-6(7)10(16)17)14-4-5(1-9(14)15)20(12,18)19/h2-3,5H,1,4H2,(H,16,17)(H2,12,18,19). The van der Waals surface area contributed by atoms with Crippen LogP contribution in [0.3, 0.4) is 0 Å². The molecular formula is C10H10BrN3O5S. The highest BCUT2D eigenvalue weighted by Gasteiger charge is 2.38. The van der Waals surface area contributed by atoms with Crippen LogP contribution in [0.4, 0.5) is 5.82 Å². The van der Waals surface area contributed by atoms with E-state index in [9.17, 15) is 18.0 Å². The summed E-state index contributed by atoms with van der Waals surface area (Å²) in [4.78, 5) is 27.9. The lowest BCUT2D eigenvalue weighted by Crippen LogP contribution is -2.32. The molecule has 1 atom stereocenters. The monoisotopic (exact) mass is 363 g/mol. The maximum atomic E-state index is 11.8. The SMILES string of the molecule is NS(=O)(=O)C1CC(=O)N(c2cc(C(=O)O)c(Br)cn2)C1. The van der Waals surface area contributed by atoms with Crippen LogP contribution in [0.15, 0.2) is 16.7 Å². The van der Waals surface area contributed by atoms with Crippen LogP contribution in [0, 0.1) is 0 Å². The average molecular weight is 364 g/mol. The fourth-order valence-corrected chi connectivity index (χ4v) is 2.97. The van der Waals surface area contributed by atoms with E-state index in [4.69, 9.17) is 10.2 Å². The van der Waals surface area contributed by atoms with E-state index in [1.165, 1.54) is 12.3 Å². The molecule has 8 nitrogen and oxygen atoms in total. The molecule has 0 saturated carbocycles. The molecule has 1 aromatic rings. The highest BCUT2D eigenvalue weighted by atomic mass is 79.9. The maximum absolute atomic E-state index is 11.8. The summed E-state index contributed by atoms with van der Waals surface area (Å²) in [5, 5.41) is 13.0. The van der Waals surface area contributed by atoms with Gasteiger partial charge in [0.25, 0.3) is 0 Å². The van der Waals surface area contributed by atoms with Crippen LogP contribution >= 0.6 is 15.9 Å². The van der Waals surface area contributed by atoms with Crippen molar-refractivity contribution in [1.82, 2.24) is 4.98 Å². The average Bonchev–Trinajstić information content (AvgIpc) is 2.71. The number of nitrogens with zero attached hydrogens (tertiary/aromatic N) is 2. The van der Waals surface area contributed by atoms with Gasteiger partial charge < -0.3 is 5.11 Å². The molecule has 3 N–H and O–H groups in total. The second-order valence-electron chi connectivity index (χ2n) is 4.25. The van der Waals surface area contributed by atoms with Gasteiger partial charge in [0.05, 0.1) is 10.0 Å². The topological polar surface area (TPSA) is 131 Å². The zero-order chi connectivity index (χ0) is 15.1. The lowest BCUT2D eigenvalue weighted by Gasteiger charge is -2.15. The molecule has 108 valence electrons. The number of aromatic nitrogens is 1. The lowest BCUT2D eigenvalue weighted by atomic mass is 10.2. The number of rotatable bonds is 3. The van der Waals surface area contributed by atoms with Crippen molar-refractivity contribution in [2.45, 2.75) is 11.7 Å². The number of sulfonamides is 1. The van der Waals surface area contributed by atoms with Crippen LogP contribution in [-0.2, 0) is 14.8 Å². The highest BCUT2D eigenvalue weighted by molar-refractivity contribution is 9.10. The summed E-state index contributed by atoms with van der Waals surface area (Å²) in [6, 6.07) is 1.20. The third-order valence-corrected chi connectivity index (χ3v) is 4.78. The summed E-state index contributed by atoms with van der Waals surface area (Å²) in [5.41, 5.74) is -0.0677. The largest absolute Gasteiger partial charge is 0.478 e. The molecule has 0 radical (unpaired) electrons. The number of hydrogen-bond acceptors (Lipinski definition) is 5. The number of nitrogens with two attached hydrogens (primary N) is 1. The number of carboxylic acid groups (broad SMARTS) is 1. The molecule has 1 amide bonds. The molecule has 2 heterocycles. The Morgan fingerprint density at radius 2 is 2.20 bits per heavy atom. The van der Waals surface area contributed by atoms with Gasteiger partial charge in [0, 0.05) is 19.2 Å². The van der Waals surface area contributed by atoms with Gasteiger partial charge >= 0.3 is 5.97 Å². The van der Waals surface area contributed by atoms with Crippen molar-refractivity contribution < 1.29 is 23.1 Å². The Bertz CT molecular complexity index is 690. The van der Waals surface area contributed by atoms with E-state index in [1.807, 2.05) is 0 Å². The molecular weight excluding hydrogens is 354 g/mol. The molecule has 0 bridgehead atoms. The number of primary sulfonamides is 1. The van der Waals surface area contributed by atoms with Crippen molar-refractivity contribution in [3.8, 4) is 0 Å². The van der Waals surface area contributed by atoms with Gasteiger partial charge in [0.2, 0.25) is 15.9 Å². The Kier molecular flexibility index (Phi) is 3.80. The van der Waals surface area contributed by atoms with Crippen LogP contribution in [0.2, 0.25) is 0 Å². The molecule has 1 fully saturated rings. The van der Waals surface area contributed by atoms with Crippen molar-refractivity contribution in [2.75, 3.05) is 11.4 Å². The minimum absolute atomic E-state index is 0.0677. The van der Waals surface area contributed by atoms with E-state index in [-0.39, 0.29) is 28.8 Å². The summed E-state index contributed by atoms with van der Waals surface area (Å²) in [6.45, 7) is -0.134. The first-order chi connectivity index (χ1) is 9.20. The normalized spacial score (nSPS) is 19.4. The maximum Gasteiger partial charge on any atom is 0.337 e. The molecule has 1 aliphatic heterocycles. The number of hydrogen-bond donors (Lipinski definition) is 2. The smallest absolute Gasteiger partial charge is 0.337 e. The molecule has 1 aliphatic rings. The molecule has 10 heteroatoms. The van der Waals surface area contributed by atoms with Gasteiger partial charge in [-0.25, -0.2) is 23.3 Å². The molecule has 0 aromatic carbocycles. The first-order valence-electron chi connectivity index (χ1n) is 5.41. The summed E-state index contributed by atoms with van der Waals surface area (Å²) in [6.07, 6.45) is 1.01. The minimum Gasteiger partial charge on any atom is -0.478 e. The van der Waals surface area contributed by atoms with Crippen LogP contribution in [0.5, 0.6) is 0 Å². The first kappa shape index (κ1) is 14.9. The number of halogens is 1. The van der Waals surface area contributed by atoms with E-state index in [0.29, 0.717) is 0 Å². The number of amides is 1. The summed E-state index contributed by atoms with van der Waals surface area (Å²) >= 11 is 3.04. The molecule has 20 heavy (non-hydrogen) atoms. The highest BCUT2D eigenvalue weighted by Crippen LogP contribution is 2.26. The van der Waals surface area contributed by atoms with Crippen LogP contribution in [-0.4, -0.2) is 42.2 Å². The predicted octanol–water partition coefficient (Wildman–Crippen LogP) is -0.0639. The van der Waals surface area contributed by atoms with Crippen LogP contribution in [0.25, 0.3) is 0 Å². The zero-order valence-corrected chi connectivity index (χ0v) is 12.4. The van der Waals surface area contributed by atoms with Gasteiger partial charge in [-0.3, -0.25) is 9.69 Å². The van der Waals surface area contributed by atoms with Crippen molar-refractivity contribution in [1.29, 1.82) is 0 Å². The minimum atomic E-state index is -3.83. The molecule has 1 unspecified atom stereocenters. The molecule has 2 rings (SSSR count).